The fraction of sp³-hybridized carbons (Fsp3) is 0.100. The van der Waals surface area contributed by atoms with E-state index in [4.69, 9.17) is 11.6 Å². The monoisotopic (exact) mass is 321 g/mol. The van der Waals surface area contributed by atoms with E-state index in [-0.39, 0.29) is 5.91 Å². The number of carbonyl (C=O) groups is 1. The minimum absolute atomic E-state index is 0.128. The smallest absolute Gasteiger partial charge is 0.252 e. The van der Waals surface area contributed by atoms with Crippen molar-refractivity contribution in [2.24, 2.45) is 0 Å². The van der Waals surface area contributed by atoms with Crippen LogP contribution in [0.3, 0.4) is 0 Å². The van der Waals surface area contributed by atoms with Crippen molar-refractivity contribution in [3.8, 4) is 0 Å². The first-order valence-corrected chi connectivity index (χ1v) is 5.45. The van der Waals surface area contributed by atoms with Gasteiger partial charge in [0.05, 0.1) is 5.56 Å². The van der Waals surface area contributed by atoms with Crippen molar-refractivity contribution in [2.75, 3.05) is 6.54 Å². The van der Waals surface area contributed by atoms with Gasteiger partial charge in [-0.05, 0) is 40.8 Å². The maximum absolute atomic E-state index is 11.6. The summed E-state index contributed by atoms with van der Waals surface area (Å²) in [6, 6.07) is 5.22. The molecule has 1 aromatic carbocycles. The molecule has 0 aliphatic rings. The topological polar surface area (TPSA) is 29.1 Å². The number of hydrogen-bond donors (Lipinski definition) is 1. The fourth-order valence-electron chi connectivity index (χ4n) is 0.932. The molecule has 0 spiro atoms. The Kier molecular flexibility index (Phi) is 4.41. The number of halogens is 2. The van der Waals surface area contributed by atoms with Crippen LogP contribution >= 0.6 is 34.2 Å². The Labute approximate surface area is 101 Å². The van der Waals surface area contributed by atoms with E-state index in [1.165, 1.54) is 0 Å². The Bertz CT molecular complexity index is 365. The zero-order valence-corrected chi connectivity index (χ0v) is 10.3. The van der Waals surface area contributed by atoms with E-state index in [0.29, 0.717) is 17.1 Å². The maximum atomic E-state index is 11.6. The molecular formula is C10H9ClINO. The number of carbonyl (C=O) groups excluding carboxylic acids is 1. The van der Waals surface area contributed by atoms with Crippen LogP contribution in [-0.4, -0.2) is 12.5 Å². The van der Waals surface area contributed by atoms with Gasteiger partial charge in [0.15, 0.2) is 0 Å². The van der Waals surface area contributed by atoms with Gasteiger partial charge in [-0.15, -0.1) is 6.58 Å². The predicted octanol–water partition coefficient (Wildman–Crippen LogP) is 2.86. The lowest BCUT2D eigenvalue weighted by molar-refractivity contribution is 0.0957. The van der Waals surface area contributed by atoms with Gasteiger partial charge in [-0.2, -0.15) is 0 Å². The lowest BCUT2D eigenvalue weighted by atomic mass is 10.2. The van der Waals surface area contributed by atoms with Crippen molar-refractivity contribution in [3.63, 3.8) is 0 Å². The SMILES string of the molecule is C=CCNC(=O)c1cc(Cl)ccc1I. The normalized spacial score (nSPS) is 9.57. The molecule has 0 heterocycles. The van der Waals surface area contributed by atoms with Gasteiger partial charge in [0.1, 0.15) is 0 Å². The molecule has 1 N–H and O–H groups in total. The van der Waals surface area contributed by atoms with Crippen LogP contribution < -0.4 is 5.32 Å². The summed E-state index contributed by atoms with van der Waals surface area (Å²) in [5.74, 6) is -0.128. The number of benzene rings is 1. The third-order valence-electron chi connectivity index (χ3n) is 1.58. The van der Waals surface area contributed by atoms with E-state index in [1.807, 2.05) is 6.07 Å². The van der Waals surface area contributed by atoms with E-state index < -0.39 is 0 Å². The molecule has 0 unspecified atom stereocenters. The Balaban J connectivity index is 2.88. The van der Waals surface area contributed by atoms with Crippen LogP contribution in [0.1, 0.15) is 10.4 Å². The maximum Gasteiger partial charge on any atom is 0.252 e. The summed E-state index contributed by atoms with van der Waals surface area (Å²) in [7, 11) is 0. The number of amides is 1. The van der Waals surface area contributed by atoms with E-state index in [9.17, 15) is 4.79 Å². The molecule has 74 valence electrons. The summed E-state index contributed by atoms with van der Waals surface area (Å²) in [4.78, 5) is 11.6. The third kappa shape index (κ3) is 2.99. The van der Waals surface area contributed by atoms with Crippen molar-refractivity contribution >= 4 is 40.1 Å². The second-order valence-corrected chi connectivity index (χ2v) is 4.22. The number of rotatable bonds is 3. The predicted molar refractivity (Wildman–Crippen MR) is 66.7 cm³/mol. The molecule has 0 saturated heterocycles. The third-order valence-corrected chi connectivity index (χ3v) is 2.76. The molecule has 1 aromatic rings. The molecule has 0 aliphatic heterocycles. The lowest BCUT2D eigenvalue weighted by Gasteiger charge is -2.04. The molecule has 2 nitrogen and oxygen atoms in total. The first kappa shape index (κ1) is 11.5. The second kappa shape index (κ2) is 5.36. The van der Waals surface area contributed by atoms with Crippen LogP contribution in [0.5, 0.6) is 0 Å². The number of hydrogen-bond acceptors (Lipinski definition) is 1. The van der Waals surface area contributed by atoms with Crippen LogP contribution in [0.2, 0.25) is 5.02 Å². The first-order chi connectivity index (χ1) is 6.65. The van der Waals surface area contributed by atoms with E-state index in [1.54, 1.807) is 18.2 Å². The van der Waals surface area contributed by atoms with Gasteiger partial charge in [0.25, 0.3) is 5.91 Å². The summed E-state index contributed by atoms with van der Waals surface area (Å²) < 4.78 is 0.883. The zero-order valence-electron chi connectivity index (χ0n) is 7.39. The molecule has 0 bridgehead atoms. The molecule has 0 radical (unpaired) electrons. The standard InChI is InChI=1S/C10H9ClINO/c1-2-5-13-10(14)8-6-7(11)3-4-9(8)12/h2-4,6H,1,5H2,(H,13,14). The van der Waals surface area contributed by atoms with Crippen LogP contribution in [0.15, 0.2) is 30.9 Å². The summed E-state index contributed by atoms with van der Waals surface area (Å²) in [6.07, 6.45) is 1.63. The van der Waals surface area contributed by atoms with Gasteiger partial charge >= 0.3 is 0 Å². The Hall–Kier alpha value is -0.550. The van der Waals surface area contributed by atoms with Crippen molar-refractivity contribution in [3.05, 3.63) is 45.0 Å². The molecule has 0 fully saturated rings. The first-order valence-electron chi connectivity index (χ1n) is 3.99. The number of nitrogens with one attached hydrogen (secondary N) is 1. The van der Waals surface area contributed by atoms with Gasteiger partial charge in [-0.3, -0.25) is 4.79 Å². The van der Waals surface area contributed by atoms with Crippen LogP contribution in [-0.2, 0) is 0 Å². The van der Waals surface area contributed by atoms with Gasteiger partial charge in [-0.1, -0.05) is 17.7 Å². The highest BCUT2D eigenvalue weighted by Gasteiger charge is 2.08. The van der Waals surface area contributed by atoms with Gasteiger partial charge in [0.2, 0.25) is 0 Å². The quantitative estimate of drug-likeness (QED) is 0.673. The van der Waals surface area contributed by atoms with Gasteiger partial charge < -0.3 is 5.32 Å². The summed E-state index contributed by atoms with van der Waals surface area (Å²) >= 11 is 7.89. The second-order valence-electron chi connectivity index (χ2n) is 2.62. The minimum Gasteiger partial charge on any atom is -0.349 e. The van der Waals surface area contributed by atoms with Crippen LogP contribution in [0.4, 0.5) is 0 Å². The van der Waals surface area contributed by atoms with Crippen LogP contribution in [0, 0.1) is 3.57 Å². The highest BCUT2D eigenvalue weighted by atomic mass is 127. The Morgan fingerprint density at radius 3 is 3.00 bits per heavy atom. The molecule has 14 heavy (non-hydrogen) atoms. The average Bonchev–Trinajstić information content (AvgIpc) is 2.18. The highest BCUT2D eigenvalue weighted by molar-refractivity contribution is 14.1. The molecule has 1 rings (SSSR count). The van der Waals surface area contributed by atoms with E-state index in [0.717, 1.165) is 3.57 Å². The molecule has 0 saturated carbocycles. The molecule has 0 aromatic heterocycles. The van der Waals surface area contributed by atoms with Crippen molar-refractivity contribution < 1.29 is 4.79 Å². The van der Waals surface area contributed by atoms with E-state index in [2.05, 4.69) is 34.5 Å². The van der Waals surface area contributed by atoms with Crippen molar-refractivity contribution in [2.45, 2.75) is 0 Å². The minimum atomic E-state index is -0.128. The zero-order chi connectivity index (χ0) is 10.6. The summed E-state index contributed by atoms with van der Waals surface area (Å²) in [5, 5.41) is 3.26. The summed E-state index contributed by atoms with van der Waals surface area (Å²) in [6.45, 7) is 3.98. The Morgan fingerprint density at radius 1 is 1.64 bits per heavy atom. The average molecular weight is 322 g/mol. The largest absolute Gasteiger partial charge is 0.349 e. The highest BCUT2D eigenvalue weighted by Crippen LogP contribution is 2.17. The van der Waals surface area contributed by atoms with E-state index >= 15 is 0 Å². The van der Waals surface area contributed by atoms with Crippen molar-refractivity contribution in [1.82, 2.24) is 5.32 Å². The summed E-state index contributed by atoms with van der Waals surface area (Å²) in [5.41, 5.74) is 0.597. The molecule has 0 atom stereocenters. The lowest BCUT2D eigenvalue weighted by Crippen LogP contribution is -2.24. The van der Waals surface area contributed by atoms with Crippen molar-refractivity contribution in [1.29, 1.82) is 0 Å². The van der Waals surface area contributed by atoms with Gasteiger partial charge in [0, 0.05) is 15.1 Å². The molecule has 1 amide bonds. The Morgan fingerprint density at radius 2 is 2.36 bits per heavy atom. The van der Waals surface area contributed by atoms with Gasteiger partial charge in [-0.25, -0.2) is 0 Å². The molecule has 0 aliphatic carbocycles. The fourth-order valence-corrected chi connectivity index (χ4v) is 1.68. The molecular weight excluding hydrogens is 312 g/mol. The van der Waals surface area contributed by atoms with Crippen LogP contribution in [0.25, 0.3) is 0 Å². The molecule has 4 heteroatoms.